The van der Waals surface area contributed by atoms with Crippen molar-refractivity contribution in [3.05, 3.63) is 72.8 Å². The quantitative estimate of drug-likeness (QED) is 0.280. The molecule has 6 heteroatoms. The molecule has 1 N–H and O–H groups in total. The van der Waals surface area contributed by atoms with Gasteiger partial charge in [0.1, 0.15) is 11.5 Å². The van der Waals surface area contributed by atoms with Gasteiger partial charge >= 0.3 is 7.82 Å². The molecule has 0 amide bonds. The number of hydrogen-bond donors (Lipinski definition) is 1. The van der Waals surface area contributed by atoms with Gasteiger partial charge in [0.05, 0.1) is 0 Å². The van der Waals surface area contributed by atoms with Crippen LogP contribution in [0.2, 0.25) is 0 Å². The van der Waals surface area contributed by atoms with E-state index < -0.39 is 7.82 Å². The van der Waals surface area contributed by atoms with Gasteiger partial charge in [-0.05, 0) is 33.7 Å². The average molecular weight is 456 g/mol. The van der Waals surface area contributed by atoms with Crippen LogP contribution in [0.25, 0.3) is 32.7 Å². The molecule has 0 fully saturated rings. The van der Waals surface area contributed by atoms with Crippen molar-refractivity contribution in [2.45, 2.75) is 0 Å². The molecule has 0 bridgehead atoms. The van der Waals surface area contributed by atoms with E-state index in [0.29, 0.717) is 11.5 Å². The molecule has 26 heavy (non-hydrogen) atoms. The topological polar surface area (TPSA) is 55.8 Å². The van der Waals surface area contributed by atoms with Gasteiger partial charge < -0.3 is 9.05 Å². The molecule has 1 aliphatic rings. The van der Waals surface area contributed by atoms with Gasteiger partial charge in [0, 0.05) is 33.5 Å². The van der Waals surface area contributed by atoms with Crippen LogP contribution >= 0.6 is 7.82 Å². The van der Waals surface area contributed by atoms with Gasteiger partial charge in [0.2, 0.25) is 0 Å². The molecule has 4 nitrogen and oxygen atoms in total. The molecule has 0 atom stereocenters. The molecule has 0 saturated carbocycles. The van der Waals surface area contributed by atoms with Crippen molar-refractivity contribution in [1.82, 2.24) is 0 Å². The fraction of sp³-hybridized carbons (Fsp3) is 0. The van der Waals surface area contributed by atoms with Crippen LogP contribution < -0.4 is 9.05 Å². The molecule has 4 aromatic carbocycles. The minimum atomic E-state index is -4.25. The molecule has 0 aliphatic carbocycles. The second kappa shape index (κ2) is 6.27. The fourth-order valence-electron chi connectivity index (χ4n) is 3.44. The Morgan fingerprint density at radius 3 is 1.54 bits per heavy atom. The van der Waals surface area contributed by atoms with Crippen LogP contribution in [0.3, 0.4) is 0 Å². The first-order valence-corrected chi connectivity index (χ1v) is 9.38. The van der Waals surface area contributed by atoms with Gasteiger partial charge in [-0.3, -0.25) is 4.89 Å². The maximum atomic E-state index is 12.4. The average Bonchev–Trinajstić information content (AvgIpc) is 2.73. The van der Waals surface area contributed by atoms with Crippen LogP contribution in [0.15, 0.2) is 72.8 Å². The van der Waals surface area contributed by atoms with E-state index in [4.69, 9.17) is 9.05 Å². The van der Waals surface area contributed by atoms with E-state index in [2.05, 4.69) is 0 Å². The van der Waals surface area contributed by atoms with Gasteiger partial charge in [-0.25, -0.2) is 4.57 Å². The largest absolute Gasteiger partial charge is 0.584 e. The number of hydrogen-bond acceptors (Lipinski definition) is 3. The van der Waals surface area contributed by atoms with Crippen molar-refractivity contribution < 1.29 is 40.9 Å². The Morgan fingerprint density at radius 2 is 1.08 bits per heavy atom. The summed E-state index contributed by atoms with van der Waals surface area (Å²) in [6.07, 6.45) is 0. The summed E-state index contributed by atoms with van der Waals surface area (Å²) in [6.45, 7) is 0. The molecule has 0 saturated heterocycles. The minimum Gasteiger partial charge on any atom is -0.395 e. The van der Waals surface area contributed by atoms with Gasteiger partial charge in [-0.15, -0.1) is 0 Å². The molecule has 5 rings (SSSR count). The summed E-state index contributed by atoms with van der Waals surface area (Å²) in [5.41, 5.74) is 1.55. The molecular formula is C20H13AgO4P. The Balaban J connectivity index is 0.00000168. The third kappa shape index (κ3) is 2.67. The zero-order valence-corrected chi connectivity index (χ0v) is 15.7. The first kappa shape index (κ1) is 17.3. The normalized spacial score (nSPS) is 14.3. The molecular weight excluding hydrogens is 443 g/mol. The molecule has 1 heterocycles. The van der Waals surface area contributed by atoms with Gasteiger partial charge in [0.25, 0.3) is 0 Å². The first-order valence-electron chi connectivity index (χ1n) is 7.88. The van der Waals surface area contributed by atoms with Crippen molar-refractivity contribution in [2.75, 3.05) is 0 Å². The summed E-state index contributed by atoms with van der Waals surface area (Å²) in [5.74, 6) is 0.694. The Hall–Kier alpha value is -2.07. The van der Waals surface area contributed by atoms with Crippen molar-refractivity contribution in [2.24, 2.45) is 0 Å². The van der Waals surface area contributed by atoms with Crippen molar-refractivity contribution >= 4 is 29.4 Å². The summed E-state index contributed by atoms with van der Waals surface area (Å²) >= 11 is 0. The fourth-order valence-corrected chi connectivity index (χ4v) is 4.28. The van der Waals surface area contributed by atoms with E-state index >= 15 is 0 Å². The molecule has 133 valence electrons. The van der Waals surface area contributed by atoms with Crippen LogP contribution in [-0.2, 0) is 26.9 Å². The predicted molar refractivity (Wildman–Crippen MR) is 98.0 cm³/mol. The zero-order valence-electron chi connectivity index (χ0n) is 13.3. The van der Waals surface area contributed by atoms with Gasteiger partial charge in [0.15, 0.2) is 0 Å². The first-order chi connectivity index (χ1) is 12.1. The molecule has 1 radical (unpaired) electrons. The van der Waals surface area contributed by atoms with E-state index in [9.17, 15) is 9.46 Å². The maximum Gasteiger partial charge on any atom is 0.584 e. The van der Waals surface area contributed by atoms with Crippen LogP contribution in [0.4, 0.5) is 0 Å². The second-order valence-electron chi connectivity index (χ2n) is 5.97. The summed E-state index contributed by atoms with van der Waals surface area (Å²) in [6, 6.07) is 23.0. The molecule has 4 aromatic rings. The Bertz CT molecular complexity index is 1110. The van der Waals surface area contributed by atoms with Crippen molar-refractivity contribution in [1.29, 1.82) is 0 Å². The molecule has 1 aliphatic heterocycles. The minimum absolute atomic E-state index is 0. The van der Waals surface area contributed by atoms with Gasteiger partial charge in [-0.2, -0.15) is 0 Å². The number of rotatable bonds is 0. The third-order valence-corrected chi connectivity index (χ3v) is 5.31. The smallest absolute Gasteiger partial charge is 0.395 e. The van der Waals surface area contributed by atoms with E-state index in [1.165, 1.54) is 0 Å². The standard InChI is InChI=1S/C20H13O4P.Ag/c21-25(22)23-17-11-9-13-5-1-3-7-15(13)19(17)20-16-8-4-2-6-14(16)10-12-18(20)24-25;/h1-12H,(H,21,22);. The molecule has 0 spiro atoms. The maximum absolute atomic E-state index is 12.4. The third-order valence-electron chi connectivity index (χ3n) is 4.46. The van der Waals surface area contributed by atoms with Crippen LogP contribution in [0, 0.1) is 0 Å². The summed E-state index contributed by atoms with van der Waals surface area (Å²) < 4.78 is 23.1. The summed E-state index contributed by atoms with van der Waals surface area (Å²) in [5, 5.41) is 3.95. The van der Waals surface area contributed by atoms with E-state index in [1.54, 1.807) is 12.1 Å². The molecule has 0 aromatic heterocycles. The Kier molecular flexibility index (Phi) is 4.19. The number of fused-ring (bicyclic) bond motifs is 7. The van der Waals surface area contributed by atoms with E-state index in [1.807, 2.05) is 60.7 Å². The van der Waals surface area contributed by atoms with Crippen LogP contribution in [0.1, 0.15) is 0 Å². The van der Waals surface area contributed by atoms with Crippen molar-refractivity contribution in [3.63, 3.8) is 0 Å². The Labute approximate surface area is 165 Å². The summed E-state index contributed by atoms with van der Waals surface area (Å²) in [7, 11) is -4.25. The van der Waals surface area contributed by atoms with E-state index in [0.717, 1.165) is 32.7 Å². The number of benzene rings is 4. The number of phosphoric ester groups is 1. The number of phosphoric acid groups is 1. The SMILES string of the molecule is O=P1(O)Oc2ccc3ccccc3c2-c2c(ccc3ccccc23)O1.[Ag]. The second-order valence-corrected chi connectivity index (χ2v) is 7.27. The summed E-state index contributed by atoms with van der Waals surface area (Å²) in [4.78, 5) is 10.1. The monoisotopic (exact) mass is 455 g/mol. The van der Waals surface area contributed by atoms with Gasteiger partial charge in [-0.1, -0.05) is 60.7 Å². The predicted octanol–water partition coefficient (Wildman–Crippen LogP) is 5.53. The van der Waals surface area contributed by atoms with Crippen LogP contribution in [0.5, 0.6) is 11.5 Å². The van der Waals surface area contributed by atoms with E-state index in [-0.39, 0.29) is 22.4 Å². The Morgan fingerprint density at radius 1 is 0.654 bits per heavy atom. The zero-order chi connectivity index (χ0) is 17.0. The molecule has 0 unspecified atom stereocenters. The van der Waals surface area contributed by atoms with Crippen LogP contribution in [-0.4, -0.2) is 4.89 Å². The van der Waals surface area contributed by atoms with Crippen molar-refractivity contribution in [3.8, 4) is 22.6 Å².